The number of pyridine rings is 1. The fourth-order valence-electron chi connectivity index (χ4n) is 4.19. The van der Waals surface area contributed by atoms with Gasteiger partial charge in [0, 0.05) is 64.2 Å². The van der Waals surface area contributed by atoms with Crippen molar-refractivity contribution in [3.8, 4) is 0 Å². The van der Waals surface area contributed by atoms with Crippen molar-refractivity contribution in [1.29, 1.82) is 0 Å². The lowest BCUT2D eigenvalue weighted by Crippen LogP contribution is -2.53. The summed E-state index contributed by atoms with van der Waals surface area (Å²) in [6.45, 7) is 4.59. The molecule has 170 valence electrons. The summed E-state index contributed by atoms with van der Waals surface area (Å²) in [7, 11) is 1.68. The fourth-order valence-corrected chi connectivity index (χ4v) is 4.19. The highest BCUT2D eigenvalue weighted by Crippen LogP contribution is 2.20. The molecule has 0 bridgehead atoms. The van der Waals surface area contributed by atoms with Gasteiger partial charge in [-0.1, -0.05) is 18.2 Å². The van der Waals surface area contributed by atoms with Crippen LogP contribution in [0.5, 0.6) is 0 Å². The van der Waals surface area contributed by atoms with Crippen molar-refractivity contribution in [2.24, 2.45) is 4.99 Å². The average Bonchev–Trinajstić information content (AvgIpc) is 3.30. The predicted molar refractivity (Wildman–Crippen MR) is 125 cm³/mol. The number of aliphatic imine (C=N–C) groups is 1. The van der Waals surface area contributed by atoms with E-state index in [1.165, 1.54) is 11.8 Å². The van der Waals surface area contributed by atoms with Gasteiger partial charge in [0.25, 0.3) is 0 Å². The summed E-state index contributed by atoms with van der Waals surface area (Å²) in [4.78, 5) is 27.2. The summed E-state index contributed by atoms with van der Waals surface area (Å²) in [6, 6.07) is 13.4. The lowest BCUT2D eigenvalue weighted by molar-refractivity contribution is -0.130. The first kappa shape index (κ1) is 21.9. The number of piperazine rings is 1. The maximum absolute atomic E-state index is 14.0. The van der Waals surface area contributed by atoms with Crippen LogP contribution in [-0.4, -0.2) is 80.7 Å². The van der Waals surface area contributed by atoms with Crippen molar-refractivity contribution in [3.05, 3.63) is 54.5 Å². The minimum atomic E-state index is -0.311. The smallest absolute Gasteiger partial charge is 0.242 e. The van der Waals surface area contributed by atoms with Crippen LogP contribution < -0.4 is 20.4 Å². The molecular weight excluding hydrogens is 409 g/mol. The van der Waals surface area contributed by atoms with Gasteiger partial charge in [0.2, 0.25) is 5.91 Å². The topological polar surface area (TPSA) is 76.1 Å². The van der Waals surface area contributed by atoms with Crippen molar-refractivity contribution < 1.29 is 9.18 Å². The molecule has 2 aliphatic heterocycles. The first-order chi connectivity index (χ1) is 15.6. The number of amides is 1. The minimum absolute atomic E-state index is 0.0595. The Balaban J connectivity index is 1.21. The number of anilines is 2. The molecule has 0 spiro atoms. The standard InChI is InChI=1S/C23H30FN7O/c1-25-23(28-18-9-11-31(17-18)22-20(24)8-5-10-26-22)27-16-21(32)30-14-12-29(13-15-30)19-6-3-2-4-7-19/h2-8,10,18H,9,11-17H2,1H3,(H2,25,27,28). The first-order valence-corrected chi connectivity index (χ1v) is 11.0. The van der Waals surface area contributed by atoms with Crippen LogP contribution in [0, 0.1) is 5.82 Å². The monoisotopic (exact) mass is 439 g/mol. The quantitative estimate of drug-likeness (QED) is 0.541. The Morgan fingerprint density at radius 1 is 1.09 bits per heavy atom. The molecule has 2 aliphatic rings. The number of hydrogen-bond acceptors (Lipinski definition) is 5. The van der Waals surface area contributed by atoms with Gasteiger partial charge in [0.05, 0.1) is 6.54 Å². The number of halogens is 1. The number of carbonyl (C=O) groups is 1. The molecule has 1 atom stereocenters. The summed E-state index contributed by atoms with van der Waals surface area (Å²) < 4.78 is 14.0. The third kappa shape index (κ3) is 5.27. The number of carbonyl (C=O) groups excluding carboxylic acids is 1. The van der Waals surface area contributed by atoms with Gasteiger partial charge in [-0.3, -0.25) is 9.79 Å². The average molecular weight is 440 g/mol. The molecule has 1 amide bonds. The van der Waals surface area contributed by atoms with E-state index < -0.39 is 0 Å². The van der Waals surface area contributed by atoms with Gasteiger partial charge < -0.3 is 25.3 Å². The lowest BCUT2D eigenvalue weighted by Gasteiger charge is -2.36. The van der Waals surface area contributed by atoms with E-state index in [1.807, 2.05) is 28.0 Å². The maximum atomic E-state index is 14.0. The van der Waals surface area contributed by atoms with E-state index >= 15 is 0 Å². The highest BCUT2D eigenvalue weighted by molar-refractivity contribution is 5.86. The largest absolute Gasteiger partial charge is 0.368 e. The molecule has 2 saturated heterocycles. The van der Waals surface area contributed by atoms with Gasteiger partial charge in [0.1, 0.15) is 0 Å². The highest BCUT2D eigenvalue weighted by Gasteiger charge is 2.26. The van der Waals surface area contributed by atoms with Gasteiger partial charge >= 0.3 is 0 Å². The zero-order chi connectivity index (χ0) is 22.3. The van der Waals surface area contributed by atoms with Crippen molar-refractivity contribution in [3.63, 3.8) is 0 Å². The van der Waals surface area contributed by atoms with Crippen LogP contribution in [0.15, 0.2) is 53.7 Å². The Morgan fingerprint density at radius 3 is 2.59 bits per heavy atom. The van der Waals surface area contributed by atoms with Crippen LogP contribution in [0.3, 0.4) is 0 Å². The van der Waals surface area contributed by atoms with Crippen LogP contribution >= 0.6 is 0 Å². The zero-order valence-electron chi connectivity index (χ0n) is 18.4. The molecule has 0 aliphatic carbocycles. The van der Waals surface area contributed by atoms with Crippen molar-refractivity contribution in [2.75, 3.05) is 62.7 Å². The molecule has 8 nitrogen and oxygen atoms in total. The molecule has 2 fully saturated rings. The molecule has 9 heteroatoms. The van der Waals surface area contributed by atoms with Crippen LogP contribution in [-0.2, 0) is 4.79 Å². The van der Waals surface area contributed by atoms with E-state index in [2.05, 4.69) is 37.6 Å². The molecule has 0 saturated carbocycles. The molecule has 0 radical (unpaired) electrons. The fraction of sp³-hybridized carbons (Fsp3) is 0.435. The number of nitrogens with zero attached hydrogens (tertiary/aromatic N) is 5. The number of guanidine groups is 1. The lowest BCUT2D eigenvalue weighted by atomic mass is 10.2. The van der Waals surface area contributed by atoms with Crippen molar-refractivity contribution in [2.45, 2.75) is 12.5 Å². The molecule has 32 heavy (non-hydrogen) atoms. The number of para-hydroxylation sites is 1. The molecule has 1 aromatic carbocycles. The van der Waals surface area contributed by atoms with Gasteiger partial charge in [-0.2, -0.15) is 0 Å². The molecule has 1 unspecified atom stereocenters. The van der Waals surface area contributed by atoms with E-state index in [0.717, 1.165) is 19.5 Å². The molecule has 1 aromatic heterocycles. The van der Waals surface area contributed by atoms with Crippen LogP contribution in [0.4, 0.5) is 15.9 Å². The minimum Gasteiger partial charge on any atom is -0.368 e. The number of nitrogens with one attached hydrogen (secondary N) is 2. The zero-order valence-corrected chi connectivity index (χ0v) is 18.4. The van der Waals surface area contributed by atoms with Gasteiger partial charge in [-0.05, 0) is 30.7 Å². The molecular formula is C23H30FN7O. The Morgan fingerprint density at radius 2 is 1.88 bits per heavy atom. The summed E-state index contributed by atoms with van der Waals surface area (Å²) >= 11 is 0. The molecule has 4 rings (SSSR count). The van der Waals surface area contributed by atoms with Crippen molar-refractivity contribution in [1.82, 2.24) is 20.5 Å². The van der Waals surface area contributed by atoms with E-state index in [9.17, 15) is 9.18 Å². The molecule has 3 heterocycles. The Bertz CT molecular complexity index is 931. The van der Waals surface area contributed by atoms with Gasteiger partial charge in [-0.15, -0.1) is 0 Å². The van der Waals surface area contributed by atoms with E-state index in [1.54, 1.807) is 19.3 Å². The predicted octanol–water partition coefficient (Wildman–Crippen LogP) is 1.31. The van der Waals surface area contributed by atoms with E-state index in [0.29, 0.717) is 38.0 Å². The number of rotatable bonds is 5. The molecule has 2 aromatic rings. The second-order valence-electron chi connectivity index (χ2n) is 8.01. The third-order valence-electron chi connectivity index (χ3n) is 5.95. The van der Waals surface area contributed by atoms with Gasteiger partial charge in [0.15, 0.2) is 17.6 Å². The first-order valence-electron chi connectivity index (χ1n) is 11.0. The van der Waals surface area contributed by atoms with Crippen molar-refractivity contribution >= 4 is 23.4 Å². The summed E-state index contributed by atoms with van der Waals surface area (Å²) in [6.07, 6.45) is 2.44. The maximum Gasteiger partial charge on any atom is 0.242 e. The molecule has 2 N–H and O–H groups in total. The number of hydrogen-bond donors (Lipinski definition) is 2. The second kappa shape index (κ2) is 10.3. The van der Waals surface area contributed by atoms with Crippen LogP contribution in [0.1, 0.15) is 6.42 Å². The summed E-state index contributed by atoms with van der Waals surface area (Å²) in [5, 5.41) is 6.47. The normalized spacial score (nSPS) is 19.2. The Kier molecular flexibility index (Phi) is 7.03. The van der Waals surface area contributed by atoms with E-state index in [4.69, 9.17) is 0 Å². The second-order valence-corrected chi connectivity index (χ2v) is 8.01. The Labute approximate surface area is 188 Å². The van der Waals surface area contributed by atoms with E-state index in [-0.39, 0.29) is 24.3 Å². The van der Waals surface area contributed by atoms with Crippen LogP contribution in [0.25, 0.3) is 0 Å². The number of benzene rings is 1. The summed E-state index contributed by atoms with van der Waals surface area (Å²) in [5.74, 6) is 0.706. The van der Waals surface area contributed by atoms with Gasteiger partial charge in [-0.25, -0.2) is 9.37 Å². The SMILES string of the molecule is CN=C(NCC(=O)N1CCN(c2ccccc2)CC1)NC1CCN(c2ncccc2F)C1. The Hall–Kier alpha value is -3.36. The third-order valence-corrected chi connectivity index (χ3v) is 5.95. The van der Waals surface area contributed by atoms with Crippen LogP contribution in [0.2, 0.25) is 0 Å². The summed E-state index contributed by atoms with van der Waals surface area (Å²) in [5.41, 5.74) is 1.19. The number of aromatic nitrogens is 1. The highest BCUT2D eigenvalue weighted by atomic mass is 19.1.